The van der Waals surface area contributed by atoms with Crippen LogP contribution in [0.1, 0.15) is 18.9 Å². The first-order chi connectivity index (χ1) is 11.0. The number of hydrogen-bond acceptors (Lipinski definition) is 4. The Morgan fingerprint density at radius 2 is 2.04 bits per heavy atom. The number of nitrogens with two attached hydrogens (primary N) is 1. The molecule has 7 nitrogen and oxygen atoms in total. The summed E-state index contributed by atoms with van der Waals surface area (Å²) in [7, 11) is 0. The van der Waals surface area contributed by atoms with Crippen LogP contribution < -0.4 is 11.1 Å². The molecule has 1 atom stereocenters. The number of benzene rings is 1. The van der Waals surface area contributed by atoms with Crippen molar-refractivity contribution in [2.45, 2.75) is 25.9 Å². The zero-order valence-corrected chi connectivity index (χ0v) is 13.2. The number of amides is 4. The van der Waals surface area contributed by atoms with E-state index in [-0.39, 0.29) is 37.4 Å². The minimum atomic E-state index is -0.498. The van der Waals surface area contributed by atoms with Gasteiger partial charge in [0.1, 0.15) is 0 Å². The summed E-state index contributed by atoms with van der Waals surface area (Å²) in [4.78, 5) is 38.4. The van der Waals surface area contributed by atoms with Gasteiger partial charge in [-0.2, -0.15) is 0 Å². The maximum absolute atomic E-state index is 12.1. The molecule has 1 fully saturated rings. The molecule has 1 aromatic rings. The van der Waals surface area contributed by atoms with Gasteiger partial charge in [-0.15, -0.1) is 0 Å². The van der Waals surface area contributed by atoms with Crippen molar-refractivity contribution >= 4 is 17.8 Å². The van der Waals surface area contributed by atoms with Crippen LogP contribution in [-0.2, 0) is 16.1 Å². The van der Waals surface area contributed by atoms with Gasteiger partial charge in [0.05, 0.1) is 6.04 Å². The number of imide groups is 1. The highest BCUT2D eigenvalue weighted by molar-refractivity contribution is 5.93. The second-order valence-corrected chi connectivity index (χ2v) is 5.57. The van der Waals surface area contributed by atoms with E-state index >= 15 is 0 Å². The molecule has 1 aromatic carbocycles. The molecule has 1 saturated heterocycles. The fraction of sp³-hybridized carbons (Fsp3) is 0.438. The molecule has 0 aromatic heterocycles. The summed E-state index contributed by atoms with van der Waals surface area (Å²) in [5.74, 6) is -0.370. The Kier molecular flexibility index (Phi) is 5.70. The standard InChI is InChI=1S/C16H22N4O3/c1-12(21)20(8-7-17)16(23)18-14-9-15(22)19(11-14)10-13-5-3-2-4-6-13/h2-6,14H,7-11,17H2,1H3,(H,18,23). The number of rotatable bonds is 5. The molecule has 0 saturated carbocycles. The van der Waals surface area contributed by atoms with Crippen LogP contribution in [0.3, 0.4) is 0 Å². The van der Waals surface area contributed by atoms with Gasteiger partial charge in [-0.3, -0.25) is 14.5 Å². The zero-order valence-electron chi connectivity index (χ0n) is 13.2. The molecule has 4 amide bonds. The van der Waals surface area contributed by atoms with Crippen LogP contribution >= 0.6 is 0 Å². The third kappa shape index (κ3) is 4.53. The van der Waals surface area contributed by atoms with E-state index in [9.17, 15) is 14.4 Å². The van der Waals surface area contributed by atoms with Gasteiger partial charge in [0.15, 0.2) is 0 Å². The first kappa shape index (κ1) is 17.0. The van der Waals surface area contributed by atoms with E-state index in [0.717, 1.165) is 10.5 Å². The van der Waals surface area contributed by atoms with E-state index < -0.39 is 6.03 Å². The number of urea groups is 1. The second-order valence-electron chi connectivity index (χ2n) is 5.57. The summed E-state index contributed by atoms with van der Waals surface area (Å²) in [6.07, 6.45) is 0.243. The molecule has 0 bridgehead atoms. The van der Waals surface area contributed by atoms with Crippen LogP contribution in [0.25, 0.3) is 0 Å². The maximum atomic E-state index is 12.1. The molecule has 1 aliphatic heterocycles. The Balaban J connectivity index is 1.92. The average molecular weight is 318 g/mol. The molecule has 1 heterocycles. The Morgan fingerprint density at radius 3 is 2.65 bits per heavy atom. The predicted molar refractivity (Wildman–Crippen MR) is 85.2 cm³/mol. The summed E-state index contributed by atoms with van der Waals surface area (Å²) >= 11 is 0. The average Bonchev–Trinajstić information content (AvgIpc) is 2.85. The SMILES string of the molecule is CC(=O)N(CCN)C(=O)NC1CC(=O)N(Cc2ccccc2)C1. The summed E-state index contributed by atoms with van der Waals surface area (Å²) in [5.41, 5.74) is 6.45. The van der Waals surface area contributed by atoms with Crippen LogP contribution in [0, 0.1) is 0 Å². The molecule has 23 heavy (non-hydrogen) atoms. The van der Waals surface area contributed by atoms with Gasteiger partial charge in [-0.05, 0) is 5.56 Å². The van der Waals surface area contributed by atoms with Gasteiger partial charge in [0, 0.05) is 39.5 Å². The summed E-state index contributed by atoms with van der Waals surface area (Å²) < 4.78 is 0. The molecule has 0 radical (unpaired) electrons. The summed E-state index contributed by atoms with van der Waals surface area (Å²) in [5, 5.41) is 2.74. The van der Waals surface area contributed by atoms with Crippen molar-refractivity contribution in [1.82, 2.24) is 15.1 Å². The van der Waals surface area contributed by atoms with Crippen LogP contribution in [0.15, 0.2) is 30.3 Å². The lowest BCUT2D eigenvalue weighted by Gasteiger charge is -2.22. The minimum absolute atomic E-state index is 0.00708. The largest absolute Gasteiger partial charge is 0.336 e. The van der Waals surface area contributed by atoms with E-state index in [1.54, 1.807) is 4.90 Å². The third-order valence-corrected chi connectivity index (χ3v) is 3.74. The Hall–Kier alpha value is -2.41. The second kappa shape index (κ2) is 7.73. The summed E-state index contributed by atoms with van der Waals surface area (Å²) in [6, 6.07) is 8.89. The first-order valence-corrected chi connectivity index (χ1v) is 7.61. The van der Waals surface area contributed by atoms with Crippen molar-refractivity contribution in [3.05, 3.63) is 35.9 Å². The van der Waals surface area contributed by atoms with Gasteiger partial charge in [0.2, 0.25) is 11.8 Å². The quantitative estimate of drug-likeness (QED) is 0.816. The first-order valence-electron chi connectivity index (χ1n) is 7.61. The van der Waals surface area contributed by atoms with Crippen LogP contribution in [0.4, 0.5) is 4.79 Å². The number of carbonyl (C=O) groups excluding carboxylic acids is 3. The lowest BCUT2D eigenvalue weighted by atomic mass is 10.2. The third-order valence-electron chi connectivity index (χ3n) is 3.74. The molecule has 3 N–H and O–H groups in total. The van der Waals surface area contributed by atoms with E-state index in [2.05, 4.69) is 5.32 Å². The lowest BCUT2D eigenvalue weighted by molar-refractivity contribution is -0.128. The minimum Gasteiger partial charge on any atom is -0.336 e. The molecule has 0 spiro atoms. The predicted octanol–water partition coefficient (Wildman–Crippen LogP) is 0.304. The molecule has 0 aliphatic carbocycles. The summed E-state index contributed by atoms with van der Waals surface area (Å²) in [6.45, 7) is 2.64. The molecule has 7 heteroatoms. The molecule has 2 rings (SSSR count). The molecule has 1 aliphatic rings. The van der Waals surface area contributed by atoms with Crippen molar-refractivity contribution in [3.8, 4) is 0 Å². The normalized spacial score (nSPS) is 17.2. The fourth-order valence-corrected chi connectivity index (χ4v) is 2.61. The van der Waals surface area contributed by atoms with Crippen molar-refractivity contribution in [2.75, 3.05) is 19.6 Å². The topological polar surface area (TPSA) is 95.7 Å². The monoisotopic (exact) mass is 318 g/mol. The van der Waals surface area contributed by atoms with Gasteiger partial charge in [0.25, 0.3) is 0 Å². The van der Waals surface area contributed by atoms with E-state index in [4.69, 9.17) is 5.73 Å². The number of nitrogens with one attached hydrogen (secondary N) is 1. The van der Waals surface area contributed by atoms with Crippen molar-refractivity contribution in [3.63, 3.8) is 0 Å². The number of likely N-dealkylation sites (tertiary alicyclic amines) is 1. The van der Waals surface area contributed by atoms with Gasteiger partial charge in [-0.25, -0.2) is 4.79 Å². The number of carbonyl (C=O) groups is 3. The number of hydrogen-bond donors (Lipinski definition) is 2. The smallest absolute Gasteiger partial charge is 0.324 e. The maximum Gasteiger partial charge on any atom is 0.324 e. The Morgan fingerprint density at radius 1 is 1.35 bits per heavy atom. The highest BCUT2D eigenvalue weighted by atomic mass is 16.2. The fourth-order valence-electron chi connectivity index (χ4n) is 2.61. The molecular formula is C16H22N4O3. The van der Waals surface area contributed by atoms with Crippen molar-refractivity contribution in [2.24, 2.45) is 5.73 Å². The van der Waals surface area contributed by atoms with Gasteiger partial charge >= 0.3 is 6.03 Å². The van der Waals surface area contributed by atoms with Crippen molar-refractivity contribution < 1.29 is 14.4 Å². The van der Waals surface area contributed by atoms with E-state index in [1.807, 2.05) is 30.3 Å². The zero-order chi connectivity index (χ0) is 16.8. The molecule has 1 unspecified atom stereocenters. The van der Waals surface area contributed by atoms with E-state index in [0.29, 0.717) is 13.1 Å². The number of nitrogens with zero attached hydrogens (tertiary/aromatic N) is 2. The van der Waals surface area contributed by atoms with E-state index in [1.165, 1.54) is 6.92 Å². The van der Waals surface area contributed by atoms with Crippen LogP contribution in [0.2, 0.25) is 0 Å². The van der Waals surface area contributed by atoms with Gasteiger partial charge < -0.3 is 16.0 Å². The van der Waals surface area contributed by atoms with Crippen LogP contribution in [0.5, 0.6) is 0 Å². The Bertz CT molecular complexity index is 576. The highest BCUT2D eigenvalue weighted by Gasteiger charge is 2.32. The molecule has 124 valence electrons. The Labute approximate surface area is 135 Å². The van der Waals surface area contributed by atoms with Crippen molar-refractivity contribution in [1.29, 1.82) is 0 Å². The lowest BCUT2D eigenvalue weighted by Crippen LogP contribution is -2.49. The highest BCUT2D eigenvalue weighted by Crippen LogP contribution is 2.15. The molecular weight excluding hydrogens is 296 g/mol. The van der Waals surface area contributed by atoms with Crippen LogP contribution in [-0.4, -0.2) is 53.3 Å². The van der Waals surface area contributed by atoms with Gasteiger partial charge in [-0.1, -0.05) is 30.3 Å².